The van der Waals surface area contributed by atoms with Gasteiger partial charge in [-0.25, -0.2) is 4.79 Å². The molecule has 1 aliphatic rings. The molecule has 1 saturated carbocycles. The van der Waals surface area contributed by atoms with E-state index < -0.39 is 0 Å². The molecule has 1 aromatic carbocycles. The van der Waals surface area contributed by atoms with Crippen molar-refractivity contribution in [2.24, 2.45) is 5.92 Å². The highest BCUT2D eigenvalue weighted by Crippen LogP contribution is 2.27. The summed E-state index contributed by atoms with van der Waals surface area (Å²) in [5.74, 6) is 0.454. The zero-order valence-corrected chi connectivity index (χ0v) is 17.8. The van der Waals surface area contributed by atoms with Crippen LogP contribution in [0.4, 0.5) is 5.69 Å². The van der Waals surface area contributed by atoms with Crippen molar-refractivity contribution >= 4 is 11.7 Å². The van der Waals surface area contributed by atoms with Crippen LogP contribution in [-0.4, -0.2) is 19.1 Å². The van der Waals surface area contributed by atoms with Crippen molar-refractivity contribution in [3.05, 3.63) is 29.8 Å². The third-order valence-corrected chi connectivity index (χ3v) is 3.58. The highest BCUT2D eigenvalue weighted by atomic mass is 16.5. The van der Waals surface area contributed by atoms with Crippen molar-refractivity contribution in [2.45, 2.75) is 86.7 Å². The number of esters is 1. The minimum atomic E-state index is -0.209. The Labute approximate surface area is 156 Å². The fourth-order valence-electron chi connectivity index (χ4n) is 2.58. The summed E-state index contributed by atoms with van der Waals surface area (Å²) in [4.78, 5) is 12.1. The lowest BCUT2D eigenvalue weighted by Crippen LogP contribution is -2.24. The zero-order chi connectivity index (χ0) is 19.7. The Morgan fingerprint density at radius 3 is 2.20 bits per heavy atom. The van der Waals surface area contributed by atoms with E-state index in [4.69, 9.17) is 4.74 Å². The van der Waals surface area contributed by atoms with Crippen molar-refractivity contribution in [3.8, 4) is 0 Å². The molecule has 0 amide bonds. The Balaban J connectivity index is 0. The van der Waals surface area contributed by atoms with Crippen LogP contribution in [0.25, 0.3) is 0 Å². The van der Waals surface area contributed by atoms with Crippen LogP contribution in [0.5, 0.6) is 0 Å². The van der Waals surface area contributed by atoms with Crippen LogP contribution < -0.4 is 5.32 Å². The van der Waals surface area contributed by atoms with Gasteiger partial charge >= 0.3 is 5.97 Å². The Morgan fingerprint density at radius 2 is 1.68 bits per heavy atom. The minimum absolute atomic E-state index is 0.0890. The Morgan fingerprint density at radius 1 is 1.12 bits per heavy atom. The van der Waals surface area contributed by atoms with Gasteiger partial charge in [0.25, 0.3) is 0 Å². The lowest BCUT2D eigenvalue weighted by Gasteiger charge is -2.26. The Bertz CT molecular complexity index is 432. The summed E-state index contributed by atoms with van der Waals surface area (Å²) >= 11 is 0. The molecule has 1 aromatic rings. The number of hydrogen-bond donors (Lipinski definition) is 1. The molecule has 2 atom stereocenters. The summed E-state index contributed by atoms with van der Waals surface area (Å²) in [6, 6.07) is 7.47. The lowest BCUT2D eigenvalue weighted by molar-refractivity contribution is 0.0156. The van der Waals surface area contributed by atoms with E-state index in [1.165, 1.54) is 12.8 Å². The lowest BCUT2D eigenvalue weighted by atomic mass is 9.89. The quantitative estimate of drug-likeness (QED) is 0.600. The number of carbonyl (C=O) groups excluding carboxylic acids is 1. The normalized spacial score (nSPS) is 18.1. The number of nitrogens with one attached hydrogen (secondary N) is 1. The Hall–Kier alpha value is -1.51. The molecule has 1 aliphatic carbocycles. The van der Waals surface area contributed by atoms with Gasteiger partial charge < -0.3 is 10.1 Å². The van der Waals surface area contributed by atoms with E-state index >= 15 is 0 Å². The van der Waals surface area contributed by atoms with Gasteiger partial charge in [0, 0.05) is 12.7 Å². The topological polar surface area (TPSA) is 38.3 Å². The number of carbonyl (C=O) groups is 1. The third kappa shape index (κ3) is 10.9. The van der Waals surface area contributed by atoms with E-state index in [1.807, 2.05) is 52.9 Å². The van der Waals surface area contributed by atoms with Crippen molar-refractivity contribution in [3.63, 3.8) is 0 Å². The molecule has 1 N–H and O–H groups in total. The number of para-hydroxylation sites is 1. The average molecular weight is 352 g/mol. The summed E-state index contributed by atoms with van der Waals surface area (Å²) in [6.07, 6.45) is 5.74. The first kappa shape index (κ1) is 25.7. The zero-order valence-electron chi connectivity index (χ0n) is 17.8. The molecule has 0 unspecified atom stereocenters. The third-order valence-electron chi connectivity index (χ3n) is 3.58. The van der Waals surface area contributed by atoms with Crippen molar-refractivity contribution in [1.29, 1.82) is 0 Å². The van der Waals surface area contributed by atoms with Gasteiger partial charge in [-0.05, 0) is 37.3 Å². The number of benzene rings is 1. The molecule has 0 radical (unpaired) electrons. The second-order valence-electron chi connectivity index (χ2n) is 5.80. The first-order chi connectivity index (χ1) is 12.1. The number of rotatable bonds is 3. The highest BCUT2D eigenvalue weighted by molar-refractivity contribution is 5.95. The largest absolute Gasteiger partial charge is 0.459 e. The van der Waals surface area contributed by atoms with Crippen LogP contribution in [0.2, 0.25) is 0 Å². The summed E-state index contributed by atoms with van der Waals surface area (Å²) in [5, 5.41) is 3.02. The molecule has 0 aliphatic heterocycles. The first-order valence-electron chi connectivity index (χ1n) is 10.1. The fraction of sp³-hybridized carbons (Fsp3) is 0.682. The SMILES string of the molecule is CC.CC.CCC.CNc1ccccc1C(=O)O[C@H]1CCC[C@@H](C)C1. The predicted octanol–water partition coefficient (Wildman–Crippen LogP) is 6.93. The molecule has 146 valence electrons. The van der Waals surface area contributed by atoms with Gasteiger partial charge in [-0.3, -0.25) is 0 Å². The van der Waals surface area contributed by atoms with Crippen molar-refractivity contribution in [1.82, 2.24) is 0 Å². The van der Waals surface area contributed by atoms with Crippen LogP contribution in [0.15, 0.2) is 24.3 Å². The van der Waals surface area contributed by atoms with Gasteiger partial charge in [0.1, 0.15) is 6.10 Å². The maximum Gasteiger partial charge on any atom is 0.340 e. The molecule has 0 saturated heterocycles. The monoisotopic (exact) mass is 351 g/mol. The molecule has 0 heterocycles. The van der Waals surface area contributed by atoms with Crippen molar-refractivity contribution in [2.75, 3.05) is 12.4 Å². The molecule has 0 bridgehead atoms. The van der Waals surface area contributed by atoms with Gasteiger partial charge in [0.05, 0.1) is 5.56 Å². The van der Waals surface area contributed by atoms with Crippen LogP contribution in [0.3, 0.4) is 0 Å². The van der Waals surface area contributed by atoms with E-state index in [1.54, 1.807) is 6.07 Å². The van der Waals surface area contributed by atoms with Crippen LogP contribution in [0.1, 0.15) is 90.9 Å². The van der Waals surface area contributed by atoms with Gasteiger partial charge in [-0.1, -0.05) is 73.4 Å². The number of hydrogen-bond acceptors (Lipinski definition) is 3. The van der Waals surface area contributed by atoms with Crippen LogP contribution >= 0.6 is 0 Å². The number of ether oxygens (including phenoxy) is 1. The van der Waals surface area contributed by atoms with E-state index in [9.17, 15) is 4.79 Å². The maximum absolute atomic E-state index is 12.1. The van der Waals surface area contributed by atoms with Crippen LogP contribution in [0, 0.1) is 5.92 Å². The summed E-state index contributed by atoms with van der Waals surface area (Å²) in [7, 11) is 1.81. The van der Waals surface area contributed by atoms with E-state index in [0.717, 1.165) is 24.9 Å². The molecule has 25 heavy (non-hydrogen) atoms. The maximum atomic E-state index is 12.1. The van der Waals surface area contributed by atoms with Crippen LogP contribution in [-0.2, 0) is 4.74 Å². The average Bonchev–Trinajstić information content (AvgIpc) is 2.65. The molecule has 1 fully saturated rings. The molecular formula is C22H41NO2. The van der Waals surface area contributed by atoms with E-state index in [2.05, 4.69) is 26.1 Å². The molecular weight excluding hydrogens is 310 g/mol. The molecule has 2 rings (SSSR count). The Kier molecular flexibility index (Phi) is 17.8. The predicted molar refractivity (Wildman–Crippen MR) is 111 cm³/mol. The van der Waals surface area contributed by atoms with Gasteiger partial charge in [0.15, 0.2) is 0 Å². The number of anilines is 1. The van der Waals surface area contributed by atoms with Gasteiger partial charge in [-0.2, -0.15) is 0 Å². The second-order valence-corrected chi connectivity index (χ2v) is 5.80. The molecule has 3 nitrogen and oxygen atoms in total. The van der Waals surface area contributed by atoms with E-state index in [-0.39, 0.29) is 12.1 Å². The second kappa shape index (κ2) is 17.3. The summed E-state index contributed by atoms with van der Waals surface area (Å²) in [6.45, 7) is 14.5. The summed E-state index contributed by atoms with van der Waals surface area (Å²) < 4.78 is 5.61. The van der Waals surface area contributed by atoms with Crippen molar-refractivity contribution < 1.29 is 9.53 Å². The van der Waals surface area contributed by atoms with Gasteiger partial charge in [-0.15, -0.1) is 0 Å². The van der Waals surface area contributed by atoms with Gasteiger partial charge in [0.2, 0.25) is 0 Å². The minimum Gasteiger partial charge on any atom is -0.459 e. The van der Waals surface area contributed by atoms with E-state index in [0.29, 0.717) is 11.5 Å². The highest BCUT2D eigenvalue weighted by Gasteiger charge is 2.23. The fourth-order valence-corrected chi connectivity index (χ4v) is 2.58. The smallest absolute Gasteiger partial charge is 0.340 e. The molecule has 3 heteroatoms. The standard InChI is InChI=1S/C15H21NO2.C3H8.2C2H6/c1-11-6-5-7-12(10-11)18-15(17)13-8-3-4-9-14(13)16-2;1-3-2;2*1-2/h3-4,8-9,11-12,16H,5-7,10H2,1-2H3;3H2,1-2H3;2*1-2H3/t11-,12+;;;/m1.../s1. The molecule has 0 spiro atoms. The first-order valence-corrected chi connectivity index (χ1v) is 10.1. The summed E-state index contributed by atoms with van der Waals surface area (Å²) in [5.41, 5.74) is 1.45. The molecule has 0 aromatic heterocycles.